The van der Waals surface area contributed by atoms with Crippen molar-refractivity contribution in [2.24, 2.45) is 0 Å². The van der Waals surface area contributed by atoms with Crippen LogP contribution in [0.15, 0.2) is 41.3 Å². The van der Waals surface area contributed by atoms with Crippen molar-refractivity contribution in [3.05, 3.63) is 47.0 Å². The minimum Gasteiger partial charge on any atom is -0.493 e. The second-order valence-corrected chi connectivity index (χ2v) is 9.82. The zero-order chi connectivity index (χ0) is 21.5. The molecule has 2 aliphatic heterocycles. The fraction of sp³-hybridized carbons (Fsp3) is 0.381. The molecule has 1 spiro atoms. The molecule has 0 radical (unpaired) electrons. The average Bonchev–Trinajstić information content (AvgIpc) is 2.73. The number of hydrogen-bond acceptors (Lipinski definition) is 6. The minimum atomic E-state index is -3.72. The second kappa shape index (κ2) is 7.76. The molecule has 2 aromatic rings. The van der Waals surface area contributed by atoms with Gasteiger partial charge >= 0.3 is 0 Å². The zero-order valence-corrected chi connectivity index (χ0v) is 18.3. The van der Waals surface area contributed by atoms with E-state index >= 15 is 0 Å². The maximum atomic E-state index is 13.1. The van der Waals surface area contributed by atoms with Crippen LogP contribution >= 0.6 is 11.6 Å². The van der Waals surface area contributed by atoms with E-state index in [9.17, 15) is 13.2 Å². The van der Waals surface area contributed by atoms with Crippen LogP contribution < -0.4 is 14.2 Å². The number of hydrogen-bond donors (Lipinski definition) is 0. The predicted octanol–water partition coefficient (Wildman–Crippen LogP) is 3.55. The van der Waals surface area contributed by atoms with E-state index in [0.29, 0.717) is 40.7 Å². The van der Waals surface area contributed by atoms with Gasteiger partial charge in [0.2, 0.25) is 10.0 Å². The summed E-state index contributed by atoms with van der Waals surface area (Å²) in [6, 6.07) is 9.50. The molecule has 0 unspecified atom stereocenters. The number of piperidine rings is 1. The Morgan fingerprint density at radius 3 is 2.40 bits per heavy atom. The molecule has 1 fully saturated rings. The summed E-state index contributed by atoms with van der Waals surface area (Å²) in [5.41, 5.74) is -0.191. The van der Waals surface area contributed by atoms with E-state index in [-0.39, 0.29) is 30.2 Å². The molecule has 2 aromatic carbocycles. The Labute approximate surface area is 180 Å². The molecule has 160 valence electrons. The van der Waals surface area contributed by atoms with Gasteiger partial charge in [-0.05, 0) is 30.3 Å². The van der Waals surface area contributed by atoms with Gasteiger partial charge in [0.25, 0.3) is 0 Å². The molecule has 0 N–H and O–H groups in total. The van der Waals surface area contributed by atoms with Crippen LogP contribution in [0.1, 0.15) is 29.6 Å². The first-order chi connectivity index (χ1) is 14.3. The topological polar surface area (TPSA) is 82.1 Å². The number of halogens is 1. The van der Waals surface area contributed by atoms with Crippen LogP contribution in [0.2, 0.25) is 5.02 Å². The third-order valence-electron chi connectivity index (χ3n) is 5.68. The highest BCUT2D eigenvalue weighted by molar-refractivity contribution is 7.89. The summed E-state index contributed by atoms with van der Waals surface area (Å²) >= 11 is 6.05. The standard InChI is InChI=1S/C21H22ClNO6S/c1-27-18-6-4-15(12-20(18)28-2)30(25,26)23-9-7-21(8-10-23)13-17(24)16-5-3-14(22)11-19(16)29-21/h3-6,11-12H,7-10,13H2,1-2H3. The summed E-state index contributed by atoms with van der Waals surface area (Å²) < 4.78 is 44.3. The molecule has 9 heteroatoms. The average molecular weight is 452 g/mol. The lowest BCUT2D eigenvalue weighted by Crippen LogP contribution is -2.52. The summed E-state index contributed by atoms with van der Waals surface area (Å²) in [6.45, 7) is 0.500. The van der Waals surface area contributed by atoms with Crippen LogP contribution in [0.5, 0.6) is 17.2 Å². The Morgan fingerprint density at radius 2 is 1.73 bits per heavy atom. The highest BCUT2D eigenvalue weighted by atomic mass is 35.5. The Hall–Kier alpha value is -2.29. The number of carbonyl (C=O) groups excluding carboxylic acids is 1. The van der Waals surface area contributed by atoms with Crippen molar-refractivity contribution >= 4 is 27.4 Å². The zero-order valence-electron chi connectivity index (χ0n) is 16.7. The number of rotatable bonds is 4. The van der Waals surface area contributed by atoms with Crippen molar-refractivity contribution in [3.63, 3.8) is 0 Å². The lowest BCUT2D eigenvalue weighted by atomic mass is 9.83. The molecule has 0 amide bonds. The fourth-order valence-corrected chi connectivity index (χ4v) is 5.63. The van der Waals surface area contributed by atoms with Gasteiger partial charge in [-0.15, -0.1) is 0 Å². The van der Waals surface area contributed by atoms with Crippen molar-refractivity contribution < 1.29 is 27.4 Å². The Kier molecular flexibility index (Phi) is 5.42. The third-order valence-corrected chi connectivity index (χ3v) is 7.81. The number of ether oxygens (including phenoxy) is 3. The lowest BCUT2D eigenvalue weighted by Gasteiger charge is -2.43. The van der Waals surface area contributed by atoms with Crippen molar-refractivity contribution in [1.82, 2.24) is 4.31 Å². The predicted molar refractivity (Wildman–Crippen MR) is 111 cm³/mol. The van der Waals surface area contributed by atoms with Gasteiger partial charge in [0.15, 0.2) is 17.3 Å². The van der Waals surface area contributed by atoms with E-state index in [1.807, 2.05) is 0 Å². The van der Waals surface area contributed by atoms with Crippen molar-refractivity contribution in [2.75, 3.05) is 27.3 Å². The number of sulfonamides is 1. The van der Waals surface area contributed by atoms with Crippen molar-refractivity contribution in [1.29, 1.82) is 0 Å². The van der Waals surface area contributed by atoms with Gasteiger partial charge < -0.3 is 14.2 Å². The molecule has 4 rings (SSSR count). The number of ketones is 1. The molecule has 30 heavy (non-hydrogen) atoms. The Balaban J connectivity index is 1.54. The quantitative estimate of drug-likeness (QED) is 0.707. The van der Waals surface area contributed by atoms with Gasteiger partial charge in [-0.2, -0.15) is 4.31 Å². The van der Waals surface area contributed by atoms with Gasteiger partial charge in [0.05, 0.1) is 31.1 Å². The van der Waals surface area contributed by atoms with Crippen molar-refractivity contribution in [2.45, 2.75) is 29.8 Å². The monoisotopic (exact) mass is 451 g/mol. The van der Waals surface area contributed by atoms with Crippen LogP contribution in [0.25, 0.3) is 0 Å². The van der Waals surface area contributed by atoms with Crippen molar-refractivity contribution in [3.8, 4) is 17.2 Å². The van der Waals surface area contributed by atoms with E-state index in [0.717, 1.165) is 0 Å². The molecular weight excluding hydrogens is 430 g/mol. The SMILES string of the molecule is COc1ccc(S(=O)(=O)N2CCC3(CC2)CC(=O)c2ccc(Cl)cc2O3)cc1OC. The van der Waals surface area contributed by atoms with E-state index in [1.165, 1.54) is 30.7 Å². The smallest absolute Gasteiger partial charge is 0.243 e. The molecule has 2 heterocycles. The molecule has 2 aliphatic rings. The molecule has 7 nitrogen and oxygen atoms in total. The summed E-state index contributed by atoms with van der Waals surface area (Å²) in [5, 5.41) is 0.493. The van der Waals surface area contributed by atoms with Crippen LogP contribution in [-0.4, -0.2) is 51.4 Å². The fourth-order valence-electron chi connectivity index (χ4n) is 4.01. The first-order valence-electron chi connectivity index (χ1n) is 9.52. The van der Waals surface area contributed by atoms with Gasteiger partial charge in [0, 0.05) is 37.0 Å². The summed E-state index contributed by atoms with van der Waals surface area (Å²) in [4.78, 5) is 12.8. The maximum absolute atomic E-state index is 13.1. The molecule has 0 aromatic heterocycles. The normalized spacial score (nSPS) is 18.6. The highest BCUT2D eigenvalue weighted by Crippen LogP contribution is 2.41. The molecule has 0 atom stereocenters. The summed E-state index contributed by atoms with van der Waals surface area (Å²) in [6.07, 6.45) is 1.06. The number of Topliss-reactive ketones (excluding diaryl/α,β-unsaturated/α-hetero) is 1. The second-order valence-electron chi connectivity index (χ2n) is 7.45. The third kappa shape index (κ3) is 3.64. The maximum Gasteiger partial charge on any atom is 0.243 e. The number of fused-ring (bicyclic) bond motifs is 1. The molecule has 0 aliphatic carbocycles. The number of nitrogens with zero attached hydrogens (tertiary/aromatic N) is 1. The van der Waals surface area contributed by atoms with Gasteiger partial charge in [0.1, 0.15) is 11.4 Å². The van der Waals surface area contributed by atoms with Gasteiger partial charge in [-0.1, -0.05) is 11.6 Å². The molecule has 1 saturated heterocycles. The molecule has 0 bridgehead atoms. The summed E-state index contributed by atoms with van der Waals surface area (Å²) in [7, 11) is -0.768. The van der Waals surface area contributed by atoms with E-state index in [4.69, 9.17) is 25.8 Å². The first-order valence-corrected chi connectivity index (χ1v) is 11.3. The summed E-state index contributed by atoms with van der Waals surface area (Å²) in [5.74, 6) is 1.27. The first kappa shape index (κ1) is 21.0. The highest BCUT2D eigenvalue weighted by Gasteiger charge is 2.45. The Morgan fingerprint density at radius 1 is 1.03 bits per heavy atom. The minimum absolute atomic E-state index is 0.0101. The largest absolute Gasteiger partial charge is 0.493 e. The molecule has 0 saturated carbocycles. The molecular formula is C21H22ClNO6S. The van der Waals surface area contributed by atoms with Crippen LogP contribution in [0.4, 0.5) is 0 Å². The number of carbonyl (C=O) groups is 1. The van der Waals surface area contributed by atoms with Gasteiger partial charge in [-0.25, -0.2) is 8.42 Å². The van der Waals surface area contributed by atoms with Crippen LogP contribution in [0.3, 0.4) is 0 Å². The van der Waals surface area contributed by atoms with Crippen LogP contribution in [-0.2, 0) is 10.0 Å². The van der Waals surface area contributed by atoms with E-state index in [2.05, 4.69) is 0 Å². The van der Waals surface area contributed by atoms with Crippen LogP contribution in [0, 0.1) is 0 Å². The number of benzene rings is 2. The Bertz CT molecular complexity index is 1090. The van der Waals surface area contributed by atoms with Gasteiger partial charge in [-0.3, -0.25) is 4.79 Å². The lowest BCUT2D eigenvalue weighted by molar-refractivity contribution is 0.00592. The number of methoxy groups -OCH3 is 2. The van der Waals surface area contributed by atoms with E-state index in [1.54, 1.807) is 24.3 Å². The van der Waals surface area contributed by atoms with E-state index < -0.39 is 15.6 Å².